The highest BCUT2D eigenvalue weighted by molar-refractivity contribution is 7.13. The maximum atomic E-state index is 13.7. The molecule has 0 aliphatic heterocycles. The molecule has 0 spiro atoms. The Morgan fingerprint density at radius 2 is 2.03 bits per heavy atom. The maximum absolute atomic E-state index is 13.7. The summed E-state index contributed by atoms with van der Waals surface area (Å²) in [6.45, 7) is 0.00750. The van der Waals surface area contributed by atoms with Gasteiger partial charge in [-0.25, -0.2) is 0 Å². The van der Waals surface area contributed by atoms with Crippen LogP contribution in [0.3, 0.4) is 0 Å². The number of alkyl halides is 3. The zero-order valence-corrected chi connectivity index (χ0v) is 18.2. The molecule has 4 nitrogen and oxygen atoms in total. The molecule has 2 N–H and O–H groups in total. The van der Waals surface area contributed by atoms with Gasteiger partial charge >= 0.3 is 12.1 Å². The number of carboxylic acids is 1. The molecule has 0 amide bonds. The first-order valence-corrected chi connectivity index (χ1v) is 11.4. The van der Waals surface area contributed by atoms with Crippen molar-refractivity contribution in [1.82, 2.24) is 4.98 Å². The fourth-order valence-electron chi connectivity index (χ4n) is 4.56. The van der Waals surface area contributed by atoms with E-state index in [2.05, 4.69) is 4.98 Å². The minimum atomic E-state index is -4.47. The molecule has 2 heterocycles. The monoisotopic (exact) mass is 471 g/mol. The van der Waals surface area contributed by atoms with Crippen molar-refractivity contribution in [1.29, 1.82) is 0 Å². The number of ether oxygens (including phenoxy) is 1. The summed E-state index contributed by atoms with van der Waals surface area (Å²) in [5.41, 5.74) is 2.89. The van der Waals surface area contributed by atoms with Gasteiger partial charge in [-0.3, -0.25) is 4.79 Å². The number of fused-ring (bicyclic) bond motifs is 3. The molecular formula is C25H20F3NO3S. The molecule has 1 atom stereocenters. The molecule has 0 fully saturated rings. The third-order valence-corrected chi connectivity index (χ3v) is 6.97. The second kappa shape index (κ2) is 8.26. The van der Waals surface area contributed by atoms with Gasteiger partial charge in [0.2, 0.25) is 0 Å². The van der Waals surface area contributed by atoms with Gasteiger partial charge in [0.15, 0.2) is 0 Å². The number of H-pyrrole nitrogens is 1. The second-order valence-electron chi connectivity index (χ2n) is 8.20. The van der Waals surface area contributed by atoms with Crippen molar-refractivity contribution in [2.45, 2.75) is 38.0 Å². The summed E-state index contributed by atoms with van der Waals surface area (Å²) in [4.78, 5) is 15.0. The number of benzene rings is 2. The molecular weight excluding hydrogens is 451 g/mol. The summed E-state index contributed by atoms with van der Waals surface area (Å²) in [6, 6.07) is 13.2. The van der Waals surface area contributed by atoms with E-state index in [0.717, 1.165) is 41.1 Å². The third kappa shape index (κ3) is 4.23. The fraction of sp³-hybridized carbons (Fsp3) is 0.240. The van der Waals surface area contributed by atoms with Gasteiger partial charge in [-0.05, 0) is 59.7 Å². The van der Waals surface area contributed by atoms with Gasteiger partial charge in [-0.2, -0.15) is 13.2 Å². The fourth-order valence-corrected chi connectivity index (χ4v) is 5.33. The lowest BCUT2D eigenvalue weighted by Gasteiger charge is -2.14. The van der Waals surface area contributed by atoms with Crippen molar-refractivity contribution < 1.29 is 27.8 Å². The number of hydrogen-bond acceptors (Lipinski definition) is 3. The van der Waals surface area contributed by atoms with E-state index >= 15 is 0 Å². The molecule has 33 heavy (non-hydrogen) atoms. The lowest BCUT2D eigenvalue weighted by molar-refractivity contribution is -0.138. The number of carboxylic acid groups (broad SMARTS) is 1. The number of hydrogen-bond donors (Lipinski definition) is 2. The van der Waals surface area contributed by atoms with Crippen LogP contribution in [0.15, 0.2) is 53.9 Å². The molecule has 8 heteroatoms. The smallest absolute Gasteiger partial charge is 0.417 e. The van der Waals surface area contributed by atoms with Gasteiger partial charge in [0, 0.05) is 33.0 Å². The summed E-state index contributed by atoms with van der Waals surface area (Å²) in [5.74, 6) is -0.294. The number of aryl methyl sites for hydroxylation is 1. The Bertz CT molecular complexity index is 1320. The zero-order valence-electron chi connectivity index (χ0n) is 17.4. The Morgan fingerprint density at radius 3 is 2.76 bits per heavy atom. The number of aliphatic carboxylic acids is 1. The van der Waals surface area contributed by atoms with E-state index in [9.17, 15) is 18.0 Å². The Labute approximate surface area is 191 Å². The molecule has 0 bridgehead atoms. The van der Waals surface area contributed by atoms with E-state index < -0.39 is 17.7 Å². The van der Waals surface area contributed by atoms with E-state index in [1.165, 1.54) is 17.4 Å². The van der Waals surface area contributed by atoms with Gasteiger partial charge < -0.3 is 14.8 Å². The summed E-state index contributed by atoms with van der Waals surface area (Å²) in [6.07, 6.45) is -2.81. The Kier molecular flexibility index (Phi) is 5.40. The van der Waals surface area contributed by atoms with Crippen LogP contribution in [0.5, 0.6) is 5.75 Å². The van der Waals surface area contributed by atoms with Crippen molar-refractivity contribution in [2.24, 2.45) is 0 Å². The summed E-state index contributed by atoms with van der Waals surface area (Å²) in [7, 11) is 0. The van der Waals surface area contributed by atoms with Gasteiger partial charge in [-0.15, -0.1) is 11.3 Å². The average molecular weight is 472 g/mol. The molecule has 0 saturated carbocycles. The Balaban J connectivity index is 1.38. The van der Waals surface area contributed by atoms with E-state index in [1.807, 2.05) is 12.1 Å². The molecule has 2 aromatic heterocycles. The minimum Gasteiger partial charge on any atom is -0.489 e. The zero-order chi connectivity index (χ0) is 23.2. The normalized spacial score (nSPS) is 15.7. The molecule has 0 radical (unpaired) electrons. The molecule has 170 valence electrons. The number of rotatable bonds is 6. The number of thiophene rings is 1. The second-order valence-corrected chi connectivity index (χ2v) is 9.15. The van der Waals surface area contributed by atoms with Crippen LogP contribution < -0.4 is 4.74 Å². The van der Waals surface area contributed by atoms with E-state index in [4.69, 9.17) is 9.84 Å². The molecule has 1 aliphatic rings. The first kappa shape index (κ1) is 21.6. The van der Waals surface area contributed by atoms with Crippen LogP contribution in [-0.2, 0) is 24.0 Å². The standard InChI is InChI=1S/C25H20F3NO3S/c26-25(27,28)20-10-14(3-6-18(20)22-2-1-9-33-22)13-32-16-5-8-21-19(12-16)17-7-4-15(11-23(30)31)24(17)29-21/h1-3,5-6,8-10,12,15,29H,4,7,11,13H2,(H,30,31). The minimum absolute atomic E-state index is 0.00750. The van der Waals surface area contributed by atoms with Gasteiger partial charge in [0.05, 0.1) is 12.0 Å². The molecule has 5 rings (SSSR count). The summed E-state index contributed by atoms with van der Waals surface area (Å²) < 4.78 is 46.9. The Hall–Kier alpha value is -3.26. The number of halogens is 3. The first-order valence-electron chi connectivity index (χ1n) is 10.5. The van der Waals surface area contributed by atoms with Gasteiger partial charge in [-0.1, -0.05) is 18.2 Å². The lowest BCUT2D eigenvalue weighted by Crippen LogP contribution is -2.08. The maximum Gasteiger partial charge on any atom is 0.417 e. The van der Waals surface area contributed by atoms with Crippen LogP contribution in [-0.4, -0.2) is 16.1 Å². The van der Waals surface area contributed by atoms with E-state index in [1.54, 1.807) is 29.6 Å². The third-order valence-electron chi connectivity index (χ3n) is 6.06. The number of aromatic nitrogens is 1. The summed E-state index contributed by atoms with van der Waals surface area (Å²) in [5, 5.41) is 11.9. The average Bonchev–Trinajstić information content (AvgIpc) is 3.49. The van der Waals surface area contributed by atoms with Crippen molar-refractivity contribution in [3.8, 4) is 16.2 Å². The SMILES string of the molecule is O=C(O)CC1CCc2c1[nH]c1ccc(OCc3ccc(-c4cccs4)c(C(F)(F)F)c3)cc21. The van der Waals surface area contributed by atoms with Crippen LogP contribution in [0.4, 0.5) is 13.2 Å². The first-order chi connectivity index (χ1) is 15.8. The number of carbonyl (C=O) groups is 1. The molecule has 4 aromatic rings. The molecule has 1 unspecified atom stereocenters. The van der Waals surface area contributed by atoms with Crippen molar-refractivity contribution >= 4 is 28.2 Å². The molecule has 2 aromatic carbocycles. The largest absolute Gasteiger partial charge is 0.489 e. The lowest BCUT2D eigenvalue weighted by atomic mass is 10.0. The highest BCUT2D eigenvalue weighted by Gasteiger charge is 2.34. The van der Waals surface area contributed by atoms with E-state index in [0.29, 0.717) is 16.2 Å². The highest BCUT2D eigenvalue weighted by atomic mass is 32.1. The number of aromatic amines is 1. The number of nitrogens with one attached hydrogen (secondary N) is 1. The highest BCUT2D eigenvalue weighted by Crippen LogP contribution is 2.41. The Morgan fingerprint density at radius 1 is 1.18 bits per heavy atom. The van der Waals surface area contributed by atoms with Crippen molar-refractivity contribution in [3.63, 3.8) is 0 Å². The van der Waals surface area contributed by atoms with Gasteiger partial charge in [0.25, 0.3) is 0 Å². The predicted molar refractivity (Wildman–Crippen MR) is 121 cm³/mol. The van der Waals surface area contributed by atoms with Crippen molar-refractivity contribution in [2.75, 3.05) is 0 Å². The van der Waals surface area contributed by atoms with E-state index in [-0.39, 0.29) is 24.5 Å². The summed E-state index contributed by atoms with van der Waals surface area (Å²) >= 11 is 1.27. The van der Waals surface area contributed by atoms with Crippen LogP contribution in [0.25, 0.3) is 21.3 Å². The predicted octanol–water partition coefficient (Wildman–Crippen LogP) is 7.00. The molecule has 0 saturated heterocycles. The van der Waals surface area contributed by atoms with Crippen LogP contribution >= 0.6 is 11.3 Å². The van der Waals surface area contributed by atoms with Crippen LogP contribution in [0.2, 0.25) is 0 Å². The molecule has 1 aliphatic carbocycles. The quantitative estimate of drug-likeness (QED) is 0.318. The van der Waals surface area contributed by atoms with Crippen molar-refractivity contribution in [3.05, 3.63) is 76.3 Å². The van der Waals surface area contributed by atoms with Gasteiger partial charge in [0.1, 0.15) is 12.4 Å². The van der Waals surface area contributed by atoms with Crippen LogP contribution in [0, 0.1) is 0 Å². The topological polar surface area (TPSA) is 62.3 Å². The van der Waals surface area contributed by atoms with Crippen LogP contribution in [0.1, 0.15) is 41.1 Å².